The second kappa shape index (κ2) is 10.4. The normalized spacial score (nSPS) is 11.1. The molecule has 0 radical (unpaired) electrons. The number of rotatable bonds is 10. The second-order valence-corrected chi connectivity index (χ2v) is 7.91. The SMILES string of the molecule is CCCCN(Cc1cc(CC)cc(-n2nc3ccc(Cl)cc3n2)c1O)C(=O)CCC=O. The van der Waals surface area contributed by atoms with Crippen LogP contribution in [0.4, 0.5) is 0 Å². The third kappa shape index (κ3) is 5.41. The van der Waals surface area contributed by atoms with E-state index in [9.17, 15) is 14.7 Å². The number of halogens is 1. The van der Waals surface area contributed by atoms with Gasteiger partial charge < -0.3 is 14.8 Å². The summed E-state index contributed by atoms with van der Waals surface area (Å²) in [6.07, 6.45) is 3.66. The van der Waals surface area contributed by atoms with Gasteiger partial charge in [0, 0.05) is 36.5 Å². The topological polar surface area (TPSA) is 88.3 Å². The highest BCUT2D eigenvalue weighted by Crippen LogP contribution is 2.30. The first-order valence-electron chi connectivity index (χ1n) is 10.6. The molecule has 0 spiro atoms. The van der Waals surface area contributed by atoms with Crippen molar-refractivity contribution in [1.29, 1.82) is 0 Å². The largest absolute Gasteiger partial charge is 0.505 e. The van der Waals surface area contributed by atoms with Crippen LogP contribution >= 0.6 is 11.6 Å². The second-order valence-electron chi connectivity index (χ2n) is 7.47. The maximum atomic E-state index is 12.6. The average Bonchev–Trinajstić information content (AvgIpc) is 3.18. The minimum Gasteiger partial charge on any atom is -0.505 e. The van der Waals surface area contributed by atoms with Gasteiger partial charge in [-0.1, -0.05) is 37.9 Å². The predicted octanol–water partition coefficient (Wildman–Crippen LogP) is 4.45. The summed E-state index contributed by atoms with van der Waals surface area (Å²) in [5.41, 5.74) is 3.38. The number of nitrogens with zero attached hydrogens (tertiary/aromatic N) is 4. The summed E-state index contributed by atoms with van der Waals surface area (Å²) in [7, 11) is 0. The van der Waals surface area contributed by atoms with Gasteiger partial charge in [0.2, 0.25) is 5.91 Å². The van der Waals surface area contributed by atoms with Crippen molar-refractivity contribution in [3.63, 3.8) is 0 Å². The molecule has 0 atom stereocenters. The van der Waals surface area contributed by atoms with Crippen LogP contribution in [0.1, 0.15) is 50.7 Å². The molecule has 164 valence electrons. The van der Waals surface area contributed by atoms with Crippen LogP contribution in [-0.2, 0) is 22.6 Å². The molecular formula is C23H27ClN4O3. The van der Waals surface area contributed by atoms with E-state index >= 15 is 0 Å². The molecule has 31 heavy (non-hydrogen) atoms. The Morgan fingerprint density at radius 1 is 1.19 bits per heavy atom. The lowest BCUT2D eigenvalue weighted by atomic mass is 10.0. The summed E-state index contributed by atoms with van der Waals surface area (Å²) in [5.74, 6) is -0.0608. The van der Waals surface area contributed by atoms with Crippen molar-refractivity contribution in [2.45, 2.75) is 52.5 Å². The molecule has 0 unspecified atom stereocenters. The minimum atomic E-state index is -0.0963. The highest BCUT2D eigenvalue weighted by molar-refractivity contribution is 6.31. The van der Waals surface area contributed by atoms with Crippen LogP contribution in [0.15, 0.2) is 30.3 Å². The van der Waals surface area contributed by atoms with Crippen LogP contribution < -0.4 is 0 Å². The molecule has 0 aliphatic carbocycles. The Bertz CT molecular complexity index is 1080. The van der Waals surface area contributed by atoms with E-state index in [4.69, 9.17) is 11.6 Å². The van der Waals surface area contributed by atoms with Gasteiger partial charge in [0.1, 0.15) is 28.8 Å². The number of aldehydes is 1. The van der Waals surface area contributed by atoms with E-state index in [2.05, 4.69) is 17.1 Å². The van der Waals surface area contributed by atoms with Crippen LogP contribution in [0.3, 0.4) is 0 Å². The number of carbonyl (C=O) groups excluding carboxylic acids is 2. The smallest absolute Gasteiger partial charge is 0.223 e. The van der Waals surface area contributed by atoms with Crippen LogP contribution in [0.2, 0.25) is 5.02 Å². The zero-order chi connectivity index (χ0) is 22.4. The Balaban J connectivity index is 1.99. The molecule has 3 aromatic rings. The van der Waals surface area contributed by atoms with Crippen molar-refractivity contribution in [3.05, 3.63) is 46.5 Å². The maximum Gasteiger partial charge on any atom is 0.223 e. The quantitative estimate of drug-likeness (QED) is 0.468. The van der Waals surface area contributed by atoms with Crippen molar-refractivity contribution in [2.24, 2.45) is 0 Å². The number of benzene rings is 2. The number of fused-ring (bicyclic) bond motifs is 1. The number of phenolic OH excluding ortho intramolecular Hbond substituents is 1. The Morgan fingerprint density at radius 3 is 2.68 bits per heavy atom. The van der Waals surface area contributed by atoms with Gasteiger partial charge in [-0.3, -0.25) is 4.79 Å². The van der Waals surface area contributed by atoms with E-state index in [1.807, 2.05) is 19.1 Å². The molecule has 1 heterocycles. The van der Waals surface area contributed by atoms with E-state index in [1.165, 1.54) is 4.80 Å². The molecule has 0 aliphatic heterocycles. The Morgan fingerprint density at radius 2 is 1.97 bits per heavy atom. The fourth-order valence-corrected chi connectivity index (χ4v) is 3.57. The molecule has 7 nitrogen and oxygen atoms in total. The third-order valence-electron chi connectivity index (χ3n) is 5.17. The zero-order valence-corrected chi connectivity index (χ0v) is 18.6. The summed E-state index contributed by atoms with van der Waals surface area (Å²) in [6.45, 7) is 4.91. The van der Waals surface area contributed by atoms with Crippen LogP contribution in [-0.4, -0.2) is 43.7 Å². The number of phenols is 1. The average molecular weight is 443 g/mol. The van der Waals surface area contributed by atoms with Crippen molar-refractivity contribution < 1.29 is 14.7 Å². The molecule has 1 amide bonds. The lowest BCUT2D eigenvalue weighted by Gasteiger charge is -2.24. The standard InChI is InChI=1S/C23H27ClN4O3/c1-3-5-10-27(22(30)7-6-11-29)15-17-12-16(4-2)13-21(23(17)31)28-25-19-9-8-18(24)14-20(19)26-28/h8-9,11-14,31H,3-7,10,15H2,1-2H3. The number of amides is 1. The summed E-state index contributed by atoms with van der Waals surface area (Å²) in [4.78, 5) is 26.4. The summed E-state index contributed by atoms with van der Waals surface area (Å²) >= 11 is 6.06. The van der Waals surface area contributed by atoms with Crippen molar-refractivity contribution in [2.75, 3.05) is 6.54 Å². The Kier molecular flexibility index (Phi) is 7.63. The summed E-state index contributed by atoms with van der Waals surface area (Å²) in [5, 5.41) is 20.6. The van der Waals surface area contributed by atoms with Crippen LogP contribution in [0.25, 0.3) is 16.7 Å². The van der Waals surface area contributed by atoms with Crippen molar-refractivity contribution in [1.82, 2.24) is 19.9 Å². The highest BCUT2D eigenvalue weighted by Gasteiger charge is 2.19. The molecule has 8 heteroatoms. The molecule has 0 aliphatic rings. The highest BCUT2D eigenvalue weighted by atomic mass is 35.5. The van der Waals surface area contributed by atoms with E-state index in [0.29, 0.717) is 33.9 Å². The molecular weight excluding hydrogens is 416 g/mol. The van der Waals surface area contributed by atoms with E-state index in [-0.39, 0.29) is 31.0 Å². The first-order chi connectivity index (χ1) is 15.0. The van der Waals surface area contributed by atoms with Gasteiger partial charge in [-0.05, 0) is 42.7 Å². The van der Waals surface area contributed by atoms with Gasteiger partial charge in [0.15, 0.2) is 0 Å². The molecule has 0 saturated carbocycles. The number of aromatic nitrogens is 3. The summed E-state index contributed by atoms with van der Waals surface area (Å²) in [6, 6.07) is 9.00. The zero-order valence-electron chi connectivity index (χ0n) is 17.8. The van der Waals surface area contributed by atoms with Gasteiger partial charge >= 0.3 is 0 Å². The van der Waals surface area contributed by atoms with Crippen molar-refractivity contribution in [3.8, 4) is 11.4 Å². The van der Waals surface area contributed by atoms with Gasteiger partial charge in [0.25, 0.3) is 0 Å². The lowest BCUT2D eigenvalue weighted by Crippen LogP contribution is -2.31. The number of aryl methyl sites for hydroxylation is 1. The lowest BCUT2D eigenvalue weighted by molar-refractivity contribution is -0.132. The number of unbranched alkanes of at least 4 members (excludes halogenated alkanes) is 1. The fourth-order valence-electron chi connectivity index (χ4n) is 3.40. The van der Waals surface area contributed by atoms with E-state index in [1.54, 1.807) is 23.1 Å². The molecule has 0 fully saturated rings. The monoisotopic (exact) mass is 442 g/mol. The molecule has 1 aromatic heterocycles. The van der Waals surface area contributed by atoms with E-state index in [0.717, 1.165) is 31.1 Å². The Labute approximate surface area is 186 Å². The van der Waals surface area contributed by atoms with Gasteiger partial charge in [-0.15, -0.1) is 15.0 Å². The first kappa shape index (κ1) is 22.7. The Hall–Kier alpha value is -2.93. The van der Waals surface area contributed by atoms with Gasteiger partial charge in [0.05, 0.1) is 0 Å². The molecule has 0 saturated heterocycles. The van der Waals surface area contributed by atoms with Crippen LogP contribution in [0.5, 0.6) is 5.75 Å². The molecule has 3 rings (SSSR count). The first-order valence-corrected chi connectivity index (χ1v) is 10.9. The number of aromatic hydroxyl groups is 1. The predicted molar refractivity (Wildman–Crippen MR) is 121 cm³/mol. The fraction of sp³-hybridized carbons (Fsp3) is 0.391. The molecule has 0 bridgehead atoms. The maximum absolute atomic E-state index is 12.6. The molecule has 2 aromatic carbocycles. The summed E-state index contributed by atoms with van der Waals surface area (Å²) < 4.78 is 0. The number of hydrogen-bond donors (Lipinski definition) is 1. The number of hydrogen-bond acceptors (Lipinski definition) is 5. The minimum absolute atomic E-state index is 0.0355. The van der Waals surface area contributed by atoms with Gasteiger partial charge in [-0.25, -0.2) is 0 Å². The number of carbonyl (C=O) groups is 2. The van der Waals surface area contributed by atoms with Gasteiger partial charge in [-0.2, -0.15) is 0 Å². The van der Waals surface area contributed by atoms with Crippen molar-refractivity contribution >= 4 is 34.8 Å². The van der Waals surface area contributed by atoms with E-state index < -0.39 is 0 Å². The van der Waals surface area contributed by atoms with Crippen LogP contribution in [0, 0.1) is 0 Å². The molecule has 1 N–H and O–H groups in total. The third-order valence-corrected chi connectivity index (χ3v) is 5.40.